The molecule has 1 aliphatic carbocycles. The van der Waals surface area contributed by atoms with Crippen LogP contribution in [-0.4, -0.2) is 34.6 Å². The topological polar surface area (TPSA) is 49.4 Å². The number of halogens is 2. The van der Waals surface area contributed by atoms with Gasteiger partial charge in [0, 0.05) is 30.5 Å². The summed E-state index contributed by atoms with van der Waals surface area (Å²) in [5.74, 6) is 1.49. The average molecular weight is 522 g/mol. The van der Waals surface area contributed by atoms with E-state index in [1.165, 1.54) is 12.0 Å². The van der Waals surface area contributed by atoms with E-state index in [2.05, 4.69) is 17.4 Å². The van der Waals surface area contributed by atoms with E-state index in [4.69, 9.17) is 23.2 Å². The summed E-state index contributed by atoms with van der Waals surface area (Å²) in [6.45, 7) is 2.29. The van der Waals surface area contributed by atoms with Crippen LogP contribution in [-0.2, 0) is 21.9 Å². The molecule has 0 spiro atoms. The maximum Gasteiger partial charge on any atom is 0.243 e. The molecule has 7 heteroatoms. The Bertz CT molecular complexity index is 935. The molecule has 0 heterocycles. The Labute approximate surface area is 217 Å². The predicted molar refractivity (Wildman–Crippen MR) is 143 cm³/mol. The Morgan fingerprint density at radius 2 is 1.76 bits per heavy atom. The second-order valence-electron chi connectivity index (χ2n) is 8.83. The van der Waals surface area contributed by atoms with Gasteiger partial charge < -0.3 is 10.2 Å². The van der Waals surface area contributed by atoms with Crippen molar-refractivity contribution in [3.63, 3.8) is 0 Å². The summed E-state index contributed by atoms with van der Waals surface area (Å²) in [5.41, 5.74) is 2.11. The fourth-order valence-electron chi connectivity index (χ4n) is 4.37. The number of amides is 2. The highest BCUT2D eigenvalue weighted by Crippen LogP contribution is 2.25. The summed E-state index contributed by atoms with van der Waals surface area (Å²) in [6.07, 6.45) is 6.48. The summed E-state index contributed by atoms with van der Waals surface area (Å²) in [5, 5.41) is 4.14. The van der Waals surface area contributed by atoms with Gasteiger partial charge in [-0.1, -0.05) is 85.8 Å². The maximum absolute atomic E-state index is 13.4. The fraction of sp³-hybridized carbons (Fsp3) is 0.481. The Kier molecular flexibility index (Phi) is 11.1. The molecular formula is C27H34Cl2N2O2S. The minimum atomic E-state index is -0.511. The van der Waals surface area contributed by atoms with Gasteiger partial charge in [-0.2, -0.15) is 11.8 Å². The van der Waals surface area contributed by atoms with Crippen LogP contribution in [0.25, 0.3) is 0 Å². The highest BCUT2D eigenvalue weighted by atomic mass is 35.5. The molecule has 0 saturated heterocycles. The molecule has 1 aliphatic rings. The highest BCUT2D eigenvalue weighted by molar-refractivity contribution is 7.98. The molecule has 0 radical (unpaired) electrons. The van der Waals surface area contributed by atoms with Crippen molar-refractivity contribution in [2.45, 2.75) is 76.3 Å². The summed E-state index contributed by atoms with van der Waals surface area (Å²) in [6, 6.07) is 15.3. The van der Waals surface area contributed by atoms with E-state index in [9.17, 15) is 9.59 Å². The SMILES string of the molecule is CCC(C(=O)NC1CCCCC1)N(Cc1ccc(Cl)c(Cl)c1)C(=O)CCSCc1ccccc1. The van der Waals surface area contributed by atoms with Crippen molar-refractivity contribution in [1.29, 1.82) is 0 Å². The van der Waals surface area contributed by atoms with Crippen LogP contribution in [0.2, 0.25) is 10.0 Å². The predicted octanol–water partition coefficient (Wildman–Crippen LogP) is 6.87. The average Bonchev–Trinajstić information content (AvgIpc) is 2.85. The lowest BCUT2D eigenvalue weighted by Crippen LogP contribution is -2.51. The smallest absolute Gasteiger partial charge is 0.243 e. The molecular weight excluding hydrogens is 487 g/mol. The van der Waals surface area contributed by atoms with Crippen molar-refractivity contribution in [2.75, 3.05) is 5.75 Å². The van der Waals surface area contributed by atoms with Gasteiger partial charge in [-0.3, -0.25) is 9.59 Å². The monoisotopic (exact) mass is 520 g/mol. The first kappa shape index (κ1) is 26.9. The third-order valence-electron chi connectivity index (χ3n) is 6.25. The van der Waals surface area contributed by atoms with Gasteiger partial charge in [0.2, 0.25) is 11.8 Å². The lowest BCUT2D eigenvalue weighted by Gasteiger charge is -2.33. The first-order valence-corrected chi connectivity index (χ1v) is 14.0. The first-order valence-electron chi connectivity index (χ1n) is 12.1. The molecule has 1 unspecified atom stereocenters. The van der Waals surface area contributed by atoms with Gasteiger partial charge >= 0.3 is 0 Å². The molecule has 2 aromatic rings. The van der Waals surface area contributed by atoms with E-state index in [0.29, 0.717) is 35.2 Å². The first-order chi connectivity index (χ1) is 16.5. The van der Waals surface area contributed by atoms with Crippen LogP contribution in [0.1, 0.15) is 63.0 Å². The number of nitrogens with zero attached hydrogens (tertiary/aromatic N) is 1. The minimum Gasteiger partial charge on any atom is -0.352 e. The number of rotatable bonds is 11. The maximum atomic E-state index is 13.4. The van der Waals surface area contributed by atoms with Gasteiger partial charge in [0.1, 0.15) is 6.04 Å². The standard InChI is InChI=1S/C27H34Cl2N2O2S/c1-2-25(27(33)30-22-11-7-4-8-12-22)31(18-21-13-14-23(28)24(29)17-21)26(32)15-16-34-19-20-9-5-3-6-10-20/h3,5-6,9-10,13-14,17,22,25H,2,4,7-8,11-12,15-16,18-19H2,1H3,(H,30,33). The van der Waals surface area contributed by atoms with Crippen LogP contribution < -0.4 is 5.32 Å². The van der Waals surface area contributed by atoms with E-state index < -0.39 is 6.04 Å². The van der Waals surface area contributed by atoms with Crippen molar-refractivity contribution in [3.05, 3.63) is 69.7 Å². The van der Waals surface area contributed by atoms with E-state index in [1.807, 2.05) is 31.2 Å². The second kappa shape index (κ2) is 14.0. The van der Waals surface area contributed by atoms with Crippen LogP contribution in [0.4, 0.5) is 0 Å². The third-order valence-corrected chi connectivity index (χ3v) is 8.02. The molecule has 3 rings (SSSR count). The molecule has 1 saturated carbocycles. The Morgan fingerprint density at radius 1 is 1.03 bits per heavy atom. The van der Waals surface area contributed by atoms with E-state index >= 15 is 0 Å². The van der Waals surface area contributed by atoms with Gasteiger partial charge in [-0.15, -0.1) is 0 Å². The summed E-state index contributed by atoms with van der Waals surface area (Å²) < 4.78 is 0. The largest absolute Gasteiger partial charge is 0.352 e. The summed E-state index contributed by atoms with van der Waals surface area (Å²) in [4.78, 5) is 28.4. The lowest BCUT2D eigenvalue weighted by atomic mass is 9.95. The Morgan fingerprint density at radius 3 is 2.44 bits per heavy atom. The molecule has 2 amide bonds. The van der Waals surface area contributed by atoms with Crippen LogP contribution in [0.15, 0.2) is 48.5 Å². The molecule has 0 aliphatic heterocycles. The highest BCUT2D eigenvalue weighted by Gasteiger charge is 2.30. The zero-order valence-corrected chi connectivity index (χ0v) is 22.1. The third kappa shape index (κ3) is 8.21. The quantitative estimate of drug-likeness (QED) is 0.328. The van der Waals surface area contributed by atoms with Crippen molar-refractivity contribution in [1.82, 2.24) is 10.2 Å². The fourth-order valence-corrected chi connectivity index (χ4v) is 5.58. The molecule has 1 atom stereocenters. The molecule has 4 nitrogen and oxygen atoms in total. The van der Waals surface area contributed by atoms with E-state index in [0.717, 1.165) is 37.0 Å². The Hall–Kier alpha value is -1.69. The van der Waals surface area contributed by atoms with E-state index in [1.54, 1.807) is 28.8 Å². The van der Waals surface area contributed by atoms with Gasteiger partial charge in [-0.05, 0) is 42.5 Å². The molecule has 184 valence electrons. The number of benzene rings is 2. The molecule has 1 N–H and O–H groups in total. The van der Waals surface area contributed by atoms with Crippen LogP contribution in [0.5, 0.6) is 0 Å². The summed E-state index contributed by atoms with van der Waals surface area (Å²) in [7, 11) is 0. The van der Waals surface area contributed by atoms with Crippen molar-refractivity contribution >= 4 is 46.8 Å². The zero-order valence-electron chi connectivity index (χ0n) is 19.8. The van der Waals surface area contributed by atoms with Crippen LogP contribution >= 0.6 is 35.0 Å². The van der Waals surface area contributed by atoms with Gasteiger partial charge in [0.25, 0.3) is 0 Å². The molecule has 2 aromatic carbocycles. The van der Waals surface area contributed by atoms with Crippen molar-refractivity contribution < 1.29 is 9.59 Å². The number of thioether (sulfide) groups is 1. The molecule has 1 fully saturated rings. The second-order valence-corrected chi connectivity index (χ2v) is 10.7. The molecule has 0 aromatic heterocycles. The van der Waals surface area contributed by atoms with Gasteiger partial charge in [0.15, 0.2) is 0 Å². The summed E-state index contributed by atoms with van der Waals surface area (Å²) >= 11 is 14.0. The van der Waals surface area contributed by atoms with Crippen molar-refractivity contribution in [2.24, 2.45) is 0 Å². The van der Waals surface area contributed by atoms with Crippen LogP contribution in [0.3, 0.4) is 0 Å². The number of nitrogens with one attached hydrogen (secondary N) is 1. The number of carbonyl (C=O) groups is 2. The number of hydrogen-bond acceptors (Lipinski definition) is 3. The Balaban J connectivity index is 1.67. The molecule has 0 bridgehead atoms. The number of hydrogen-bond donors (Lipinski definition) is 1. The zero-order chi connectivity index (χ0) is 24.3. The van der Waals surface area contributed by atoms with E-state index in [-0.39, 0.29) is 17.9 Å². The normalized spacial score (nSPS) is 15.0. The van der Waals surface area contributed by atoms with Gasteiger partial charge in [0.05, 0.1) is 10.0 Å². The lowest BCUT2D eigenvalue weighted by molar-refractivity contribution is -0.141. The molecule has 34 heavy (non-hydrogen) atoms. The minimum absolute atomic E-state index is 0.0164. The number of carbonyl (C=O) groups excluding carboxylic acids is 2. The van der Waals surface area contributed by atoms with Crippen molar-refractivity contribution in [3.8, 4) is 0 Å². The van der Waals surface area contributed by atoms with Gasteiger partial charge in [-0.25, -0.2) is 0 Å². The van der Waals surface area contributed by atoms with Crippen LogP contribution in [0, 0.1) is 0 Å².